The van der Waals surface area contributed by atoms with Gasteiger partial charge in [-0.25, -0.2) is 0 Å². The summed E-state index contributed by atoms with van der Waals surface area (Å²) in [5.41, 5.74) is 6.61. The number of primary amides is 1. The van der Waals surface area contributed by atoms with Crippen LogP contribution in [0.25, 0.3) is 0 Å². The summed E-state index contributed by atoms with van der Waals surface area (Å²) in [6.07, 6.45) is 0.363. The van der Waals surface area contributed by atoms with Crippen molar-refractivity contribution in [3.05, 3.63) is 35.4 Å². The van der Waals surface area contributed by atoms with Crippen molar-refractivity contribution in [2.75, 3.05) is 0 Å². The SMILES string of the molecule is N#CCc1ccccc1C#CCC(N)=O. The zero-order valence-corrected chi connectivity index (χ0v) is 8.16. The average Bonchev–Trinajstić information content (AvgIpc) is 2.20. The van der Waals surface area contributed by atoms with Crippen molar-refractivity contribution >= 4 is 5.91 Å². The topological polar surface area (TPSA) is 66.9 Å². The second-order valence-corrected chi connectivity index (χ2v) is 2.94. The van der Waals surface area contributed by atoms with Crippen molar-refractivity contribution in [3.8, 4) is 17.9 Å². The van der Waals surface area contributed by atoms with Gasteiger partial charge in [-0.05, 0) is 11.6 Å². The first-order valence-corrected chi connectivity index (χ1v) is 4.46. The Bertz CT molecular complexity index is 460. The standard InChI is InChI=1S/C12H10N2O/c13-9-8-11-5-2-1-4-10(11)6-3-7-12(14)15/h1-2,4-5H,7-8H2,(H2,14,15). The minimum absolute atomic E-state index is 0.0425. The quantitative estimate of drug-likeness (QED) is 0.720. The largest absolute Gasteiger partial charge is 0.369 e. The first kappa shape index (κ1) is 10.8. The molecule has 0 aromatic heterocycles. The lowest BCUT2D eigenvalue weighted by Gasteiger charge is -1.97. The molecule has 1 rings (SSSR count). The van der Waals surface area contributed by atoms with Crippen molar-refractivity contribution in [2.45, 2.75) is 12.8 Å². The van der Waals surface area contributed by atoms with E-state index in [-0.39, 0.29) is 6.42 Å². The van der Waals surface area contributed by atoms with Crippen molar-refractivity contribution in [2.24, 2.45) is 5.73 Å². The van der Waals surface area contributed by atoms with Gasteiger partial charge in [0.2, 0.25) is 5.91 Å². The molecule has 1 aromatic rings. The van der Waals surface area contributed by atoms with E-state index in [0.717, 1.165) is 11.1 Å². The Hall–Kier alpha value is -2.26. The van der Waals surface area contributed by atoms with Gasteiger partial charge in [0.1, 0.15) is 0 Å². The van der Waals surface area contributed by atoms with Crippen LogP contribution in [0.3, 0.4) is 0 Å². The Morgan fingerprint density at radius 2 is 2.13 bits per heavy atom. The fourth-order valence-corrected chi connectivity index (χ4v) is 1.11. The van der Waals surface area contributed by atoms with Crippen molar-refractivity contribution in [1.29, 1.82) is 5.26 Å². The smallest absolute Gasteiger partial charge is 0.229 e. The number of amides is 1. The van der Waals surface area contributed by atoms with E-state index in [1.807, 2.05) is 24.3 Å². The molecule has 0 radical (unpaired) electrons. The van der Waals surface area contributed by atoms with Gasteiger partial charge < -0.3 is 5.73 Å². The summed E-state index contributed by atoms with van der Waals surface area (Å²) in [5, 5.41) is 8.59. The van der Waals surface area contributed by atoms with Gasteiger partial charge >= 0.3 is 0 Å². The van der Waals surface area contributed by atoms with E-state index in [2.05, 4.69) is 17.9 Å². The molecule has 1 aromatic carbocycles. The Balaban J connectivity index is 2.87. The second kappa shape index (κ2) is 5.47. The molecule has 3 heteroatoms. The van der Waals surface area contributed by atoms with E-state index in [0.29, 0.717) is 6.42 Å². The fourth-order valence-electron chi connectivity index (χ4n) is 1.11. The Morgan fingerprint density at radius 1 is 1.40 bits per heavy atom. The van der Waals surface area contributed by atoms with Gasteiger partial charge in [0, 0.05) is 5.56 Å². The highest BCUT2D eigenvalue weighted by Gasteiger charge is 1.97. The average molecular weight is 198 g/mol. The van der Waals surface area contributed by atoms with E-state index in [4.69, 9.17) is 11.0 Å². The predicted octanol–water partition coefficient (Wildman–Crippen LogP) is 0.980. The van der Waals surface area contributed by atoms with Crippen LogP contribution in [0.2, 0.25) is 0 Å². The third-order valence-corrected chi connectivity index (χ3v) is 1.77. The molecule has 0 saturated heterocycles. The maximum atomic E-state index is 10.5. The van der Waals surface area contributed by atoms with Crippen molar-refractivity contribution in [1.82, 2.24) is 0 Å². The van der Waals surface area contributed by atoms with Gasteiger partial charge in [-0.15, -0.1) is 0 Å². The fraction of sp³-hybridized carbons (Fsp3) is 0.167. The van der Waals surface area contributed by atoms with Gasteiger partial charge in [-0.1, -0.05) is 30.0 Å². The molecule has 0 aliphatic heterocycles. The molecule has 0 unspecified atom stereocenters. The van der Waals surface area contributed by atoms with Crippen molar-refractivity contribution in [3.63, 3.8) is 0 Å². The maximum Gasteiger partial charge on any atom is 0.229 e. The summed E-state index contributed by atoms with van der Waals surface area (Å²) in [4.78, 5) is 10.5. The van der Waals surface area contributed by atoms with Crippen LogP contribution < -0.4 is 5.73 Å². The number of nitrogens with two attached hydrogens (primary N) is 1. The van der Waals surface area contributed by atoms with E-state index in [9.17, 15) is 4.79 Å². The monoisotopic (exact) mass is 198 g/mol. The number of benzene rings is 1. The molecule has 0 fully saturated rings. The molecule has 1 amide bonds. The van der Waals surface area contributed by atoms with Crippen LogP contribution in [0.5, 0.6) is 0 Å². The van der Waals surface area contributed by atoms with Crippen LogP contribution in [-0.4, -0.2) is 5.91 Å². The summed E-state index contributed by atoms with van der Waals surface area (Å²) in [6.45, 7) is 0. The van der Waals surface area contributed by atoms with Crippen LogP contribution in [0.1, 0.15) is 17.5 Å². The third kappa shape index (κ3) is 3.54. The van der Waals surface area contributed by atoms with Crippen LogP contribution in [0, 0.1) is 23.2 Å². The minimum atomic E-state index is -0.444. The van der Waals surface area contributed by atoms with Crippen LogP contribution in [-0.2, 0) is 11.2 Å². The number of rotatable bonds is 2. The Labute approximate surface area is 88.5 Å². The number of nitrogens with zero attached hydrogens (tertiary/aromatic N) is 1. The second-order valence-electron chi connectivity index (χ2n) is 2.94. The highest BCUT2D eigenvalue weighted by Crippen LogP contribution is 2.07. The van der Waals surface area contributed by atoms with Crippen LogP contribution >= 0.6 is 0 Å². The van der Waals surface area contributed by atoms with Crippen LogP contribution in [0.4, 0.5) is 0 Å². The summed E-state index contributed by atoms with van der Waals surface area (Å²) < 4.78 is 0. The van der Waals surface area contributed by atoms with E-state index < -0.39 is 5.91 Å². The Morgan fingerprint density at radius 3 is 2.80 bits per heavy atom. The lowest BCUT2D eigenvalue weighted by Crippen LogP contribution is -2.08. The lowest BCUT2D eigenvalue weighted by atomic mass is 10.1. The van der Waals surface area contributed by atoms with E-state index >= 15 is 0 Å². The van der Waals surface area contributed by atoms with Gasteiger partial charge in [0.25, 0.3) is 0 Å². The molecule has 2 N–H and O–H groups in total. The zero-order chi connectivity index (χ0) is 11.1. The van der Waals surface area contributed by atoms with E-state index in [1.54, 1.807) is 0 Å². The molecule has 0 saturated carbocycles. The first-order valence-electron chi connectivity index (χ1n) is 4.46. The molecule has 0 heterocycles. The molecule has 0 aliphatic carbocycles. The number of carbonyl (C=O) groups is 1. The highest BCUT2D eigenvalue weighted by atomic mass is 16.1. The summed E-state index contributed by atoms with van der Waals surface area (Å²) in [6, 6.07) is 9.42. The number of hydrogen-bond donors (Lipinski definition) is 1. The summed E-state index contributed by atoms with van der Waals surface area (Å²) in [5.74, 6) is 5.05. The molecular formula is C12H10N2O. The summed E-state index contributed by atoms with van der Waals surface area (Å²) in [7, 11) is 0. The van der Waals surface area contributed by atoms with Gasteiger partial charge in [-0.3, -0.25) is 4.79 Å². The van der Waals surface area contributed by atoms with Crippen molar-refractivity contribution < 1.29 is 4.79 Å². The minimum Gasteiger partial charge on any atom is -0.369 e. The molecule has 3 nitrogen and oxygen atoms in total. The molecule has 0 spiro atoms. The highest BCUT2D eigenvalue weighted by molar-refractivity contribution is 5.76. The number of carbonyl (C=O) groups excluding carboxylic acids is 1. The molecule has 74 valence electrons. The van der Waals surface area contributed by atoms with Gasteiger partial charge in [0.15, 0.2) is 0 Å². The predicted molar refractivity (Wildman–Crippen MR) is 56.4 cm³/mol. The number of nitriles is 1. The van der Waals surface area contributed by atoms with Gasteiger partial charge in [0.05, 0.1) is 18.9 Å². The third-order valence-electron chi connectivity index (χ3n) is 1.77. The molecule has 0 bridgehead atoms. The molecule has 15 heavy (non-hydrogen) atoms. The zero-order valence-electron chi connectivity index (χ0n) is 8.16. The van der Waals surface area contributed by atoms with Gasteiger partial charge in [-0.2, -0.15) is 5.26 Å². The Kier molecular flexibility index (Phi) is 3.94. The maximum absolute atomic E-state index is 10.5. The summed E-state index contributed by atoms with van der Waals surface area (Å²) >= 11 is 0. The lowest BCUT2D eigenvalue weighted by molar-refractivity contribution is -0.117. The molecule has 0 aliphatic rings. The number of hydrogen-bond acceptors (Lipinski definition) is 2. The molecule has 0 atom stereocenters. The molecular weight excluding hydrogens is 188 g/mol. The van der Waals surface area contributed by atoms with E-state index in [1.165, 1.54) is 0 Å². The van der Waals surface area contributed by atoms with Crippen LogP contribution in [0.15, 0.2) is 24.3 Å². The first-order chi connectivity index (χ1) is 7.24. The normalized spacial score (nSPS) is 8.47.